The summed E-state index contributed by atoms with van der Waals surface area (Å²) in [6.45, 7) is 10.7. The van der Waals surface area contributed by atoms with Crippen molar-refractivity contribution >= 4 is 5.82 Å². The van der Waals surface area contributed by atoms with Gasteiger partial charge in [-0.15, -0.1) is 0 Å². The zero-order valence-corrected chi connectivity index (χ0v) is 15.1. The van der Waals surface area contributed by atoms with Crippen LogP contribution in [-0.4, -0.2) is 53.3 Å². The molecule has 0 saturated carbocycles. The number of halogens is 3. The van der Waals surface area contributed by atoms with E-state index in [1.165, 1.54) is 4.90 Å². The highest BCUT2D eigenvalue weighted by Crippen LogP contribution is 2.25. The van der Waals surface area contributed by atoms with Gasteiger partial charge in [-0.3, -0.25) is 4.90 Å². The summed E-state index contributed by atoms with van der Waals surface area (Å²) >= 11 is 0. The summed E-state index contributed by atoms with van der Waals surface area (Å²) in [6.07, 6.45) is -4.15. The molecule has 1 aliphatic rings. The number of alkyl halides is 3. The molecule has 2 heterocycles. The van der Waals surface area contributed by atoms with E-state index in [9.17, 15) is 13.2 Å². The van der Waals surface area contributed by atoms with Gasteiger partial charge in [-0.2, -0.15) is 13.2 Å². The van der Waals surface area contributed by atoms with E-state index >= 15 is 0 Å². The van der Waals surface area contributed by atoms with E-state index in [0.717, 1.165) is 17.3 Å². The van der Waals surface area contributed by atoms with E-state index < -0.39 is 12.7 Å². The van der Waals surface area contributed by atoms with Gasteiger partial charge in [0.25, 0.3) is 0 Å². The molecule has 1 saturated heterocycles. The third-order valence-corrected chi connectivity index (χ3v) is 4.33. The Labute approximate surface area is 142 Å². The molecule has 0 bridgehead atoms. The van der Waals surface area contributed by atoms with Gasteiger partial charge in [-0.1, -0.05) is 27.7 Å². The lowest BCUT2D eigenvalue weighted by molar-refractivity contribution is -0.150. The predicted molar refractivity (Wildman–Crippen MR) is 89.5 cm³/mol. The fraction of sp³-hybridized carbons (Fsp3) is 0.765. The average Bonchev–Trinajstić information content (AvgIpc) is 2.47. The Hall–Kier alpha value is -1.37. The second-order valence-electron chi connectivity index (χ2n) is 7.20. The Morgan fingerprint density at radius 3 is 2.29 bits per heavy atom. The molecule has 136 valence electrons. The summed E-state index contributed by atoms with van der Waals surface area (Å²) in [6, 6.07) is 1.81. The van der Waals surface area contributed by atoms with Gasteiger partial charge in [0.1, 0.15) is 11.6 Å². The van der Waals surface area contributed by atoms with E-state index in [-0.39, 0.29) is 17.9 Å². The van der Waals surface area contributed by atoms with Crippen LogP contribution in [0.15, 0.2) is 6.07 Å². The minimum Gasteiger partial charge on any atom is -0.354 e. The fourth-order valence-electron chi connectivity index (χ4n) is 2.86. The van der Waals surface area contributed by atoms with Crippen molar-refractivity contribution in [3.63, 3.8) is 0 Å². The molecule has 1 aromatic rings. The first-order chi connectivity index (χ1) is 11.1. The number of hydrogen-bond acceptors (Lipinski definition) is 4. The molecule has 7 heteroatoms. The maximum atomic E-state index is 12.6. The molecule has 0 aromatic carbocycles. The van der Waals surface area contributed by atoms with Crippen LogP contribution in [0.2, 0.25) is 0 Å². The molecule has 2 rings (SSSR count). The molecule has 1 fully saturated rings. The molecule has 0 amide bonds. The van der Waals surface area contributed by atoms with Gasteiger partial charge in [0.15, 0.2) is 0 Å². The van der Waals surface area contributed by atoms with Crippen LogP contribution in [0.25, 0.3) is 0 Å². The van der Waals surface area contributed by atoms with Crippen LogP contribution in [-0.2, 0) is 0 Å². The molecule has 1 atom stereocenters. The van der Waals surface area contributed by atoms with Crippen molar-refractivity contribution in [2.75, 3.05) is 31.1 Å². The molecule has 0 aliphatic carbocycles. The van der Waals surface area contributed by atoms with E-state index in [0.29, 0.717) is 19.6 Å². The number of hydrogen-bond donors (Lipinski definition) is 0. The van der Waals surface area contributed by atoms with Gasteiger partial charge < -0.3 is 4.90 Å². The lowest BCUT2D eigenvalue weighted by atomic mass is 10.1. The molecule has 0 N–H and O–H groups in total. The summed E-state index contributed by atoms with van der Waals surface area (Å²) in [4.78, 5) is 12.8. The van der Waals surface area contributed by atoms with Crippen molar-refractivity contribution in [2.24, 2.45) is 0 Å². The molecule has 0 spiro atoms. The summed E-state index contributed by atoms with van der Waals surface area (Å²) in [5.41, 5.74) is 0.981. The van der Waals surface area contributed by atoms with Gasteiger partial charge in [-0.05, 0) is 12.8 Å². The van der Waals surface area contributed by atoms with Gasteiger partial charge in [0.2, 0.25) is 0 Å². The van der Waals surface area contributed by atoms with Crippen LogP contribution in [0.3, 0.4) is 0 Å². The number of rotatable bonds is 4. The van der Waals surface area contributed by atoms with Crippen LogP contribution in [0.4, 0.5) is 19.0 Å². The third-order valence-electron chi connectivity index (χ3n) is 4.33. The van der Waals surface area contributed by atoms with E-state index in [1.807, 2.05) is 26.8 Å². The van der Waals surface area contributed by atoms with Crippen molar-refractivity contribution in [2.45, 2.75) is 58.7 Å². The maximum absolute atomic E-state index is 12.6. The molecule has 0 radical (unpaired) electrons. The van der Waals surface area contributed by atoms with Gasteiger partial charge in [-0.25, -0.2) is 9.97 Å². The molecule has 24 heavy (non-hydrogen) atoms. The molecule has 4 nitrogen and oxygen atoms in total. The van der Waals surface area contributed by atoms with Gasteiger partial charge in [0, 0.05) is 43.4 Å². The number of aromatic nitrogens is 2. The van der Waals surface area contributed by atoms with Crippen molar-refractivity contribution in [1.82, 2.24) is 14.9 Å². The first-order valence-electron chi connectivity index (χ1n) is 8.51. The second kappa shape index (κ2) is 7.25. The number of nitrogens with zero attached hydrogens (tertiary/aromatic N) is 4. The average molecular weight is 344 g/mol. The van der Waals surface area contributed by atoms with Crippen molar-refractivity contribution in [1.29, 1.82) is 0 Å². The zero-order chi connectivity index (χ0) is 18.1. The smallest absolute Gasteiger partial charge is 0.354 e. The minimum atomic E-state index is -4.15. The maximum Gasteiger partial charge on any atom is 0.401 e. The lowest BCUT2D eigenvalue weighted by Crippen LogP contribution is -2.54. The SMILES string of the molecule is CC(C)c1cc(N2CCN(CC(F)(F)F)C(C)C2)nc(C(C)C)n1. The molecular weight excluding hydrogens is 317 g/mol. The van der Waals surface area contributed by atoms with Crippen LogP contribution in [0.1, 0.15) is 58.0 Å². The van der Waals surface area contributed by atoms with Gasteiger partial charge >= 0.3 is 6.18 Å². The van der Waals surface area contributed by atoms with Crippen molar-refractivity contribution in [3.8, 4) is 0 Å². The van der Waals surface area contributed by atoms with Crippen molar-refractivity contribution in [3.05, 3.63) is 17.6 Å². The Balaban J connectivity index is 2.18. The summed E-state index contributed by atoms with van der Waals surface area (Å²) < 4.78 is 37.9. The van der Waals surface area contributed by atoms with Crippen LogP contribution in [0.5, 0.6) is 0 Å². The molecular formula is C17H27F3N4. The largest absolute Gasteiger partial charge is 0.401 e. The third kappa shape index (κ3) is 4.82. The first kappa shape index (κ1) is 19.0. The summed E-state index contributed by atoms with van der Waals surface area (Å²) in [5, 5.41) is 0. The van der Waals surface area contributed by atoms with Crippen molar-refractivity contribution < 1.29 is 13.2 Å². The highest BCUT2D eigenvalue weighted by molar-refractivity contribution is 5.42. The predicted octanol–water partition coefficient (Wildman–Crippen LogP) is 3.80. The molecule has 1 aromatic heterocycles. The second-order valence-corrected chi connectivity index (χ2v) is 7.20. The molecule has 1 unspecified atom stereocenters. The quantitative estimate of drug-likeness (QED) is 0.832. The highest BCUT2D eigenvalue weighted by Gasteiger charge is 2.35. The normalized spacial score (nSPS) is 20.2. The zero-order valence-electron chi connectivity index (χ0n) is 15.1. The fourth-order valence-corrected chi connectivity index (χ4v) is 2.86. The summed E-state index contributed by atoms with van der Waals surface area (Å²) in [5.74, 6) is 2.12. The van der Waals surface area contributed by atoms with Crippen LogP contribution in [0, 0.1) is 0 Å². The lowest BCUT2D eigenvalue weighted by Gasteiger charge is -2.40. The topological polar surface area (TPSA) is 32.3 Å². The molecule has 1 aliphatic heterocycles. The first-order valence-corrected chi connectivity index (χ1v) is 8.51. The monoisotopic (exact) mass is 344 g/mol. The van der Waals surface area contributed by atoms with Crippen LogP contribution >= 0.6 is 0 Å². The Kier molecular flexibility index (Phi) is 5.73. The van der Waals surface area contributed by atoms with E-state index in [1.54, 1.807) is 0 Å². The van der Waals surface area contributed by atoms with E-state index in [2.05, 4.69) is 28.7 Å². The minimum absolute atomic E-state index is 0.166. The number of piperazine rings is 1. The standard InChI is InChI=1S/C17H27F3N4/c1-11(2)14-8-15(22-16(21-14)12(3)4)23-6-7-24(13(5)9-23)10-17(18,19)20/h8,11-13H,6-7,9-10H2,1-5H3. The Morgan fingerprint density at radius 1 is 1.12 bits per heavy atom. The van der Waals surface area contributed by atoms with Crippen LogP contribution < -0.4 is 4.90 Å². The number of anilines is 1. The Bertz CT molecular complexity index is 531. The summed E-state index contributed by atoms with van der Waals surface area (Å²) in [7, 11) is 0. The van der Waals surface area contributed by atoms with E-state index in [4.69, 9.17) is 0 Å². The van der Waals surface area contributed by atoms with Gasteiger partial charge in [0.05, 0.1) is 6.54 Å². The Morgan fingerprint density at radius 2 is 1.79 bits per heavy atom. The highest BCUT2D eigenvalue weighted by atomic mass is 19.4.